The Morgan fingerprint density at radius 3 is 2.51 bits per heavy atom. The van der Waals surface area contributed by atoms with Crippen LogP contribution < -0.4 is 16.6 Å². The van der Waals surface area contributed by atoms with Crippen molar-refractivity contribution in [2.24, 2.45) is 0 Å². The van der Waals surface area contributed by atoms with Crippen LogP contribution in [0.15, 0.2) is 70.5 Å². The molecule has 0 atom stereocenters. The van der Waals surface area contributed by atoms with Gasteiger partial charge in [0.05, 0.1) is 19.5 Å². The summed E-state index contributed by atoms with van der Waals surface area (Å²) in [4.78, 5) is 55.5. The van der Waals surface area contributed by atoms with Crippen molar-refractivity contribution in [1.82, 2.24) is 18.7 Å². The number of imidazole rings is 1. The molecule has 4 rings (SSSR count). The first-order valence-electron chi connectivity index (χ1n) is 11.0. The average molecular weight is 476 g/mol. The second-order valence-corrected chi connectivity index (χ2v) is 8.03. The molecule has 10 nitrogen and oxygen atoms in total. The summed E-state index contributed by atoms with van der Waals surface area (Å²) in [6.07, 6.45) is 1.49. The highest BCUT2D eigenvalue weighted by Gasteiger charge is 2.20. The first-order chi connectivity index (χ1) is 16.9. The standard InChI is InChI=1S/C25H25N5O5/c1-17(31)19-9-6-10-20(13-19)27-21(32)15-30-24(33)22-23(26-16-28(22)11-12-35-2)29(25(30)34)14-18-7-4-3-5-8-18/h3-10,13,16H,11-12,14-15H2,1-2H3,(H,27,32). The summed E-state index contributed by atoms with van der Waals surface area (Å²) in [7, 11) is 1.55. The number of aromatic nitrogens is 4. The molecule has 0 bridgehead atoms. The number of benzene rings is 2. The molecule has 0 spiro atoms. The van der Waals surface area contributed by atoms with Gasteiger partial charge in [-0.1, -0.05) is 42.5 Å². The molecule has 0 aliphatic heterocycles. The Hall–Kier alpha value is -4.31. The van der Waals surface area contributed by atoms with Gasteiger partial charge in [-0.3, -0.25) is 19.0 Å². The molecule has 1 amide bonds. The summed E-state index contributed by atoms with van der Waals surface area (Å²) in [5.41, 5.74) is 0.875. The minimum absolute atomic E-state index is 0.143. The molecule has 0 saturated heterocycles. The lowest BCUT2D eigenvalue weighted by atomic mass is 10.1. The monoisotopic (exact) mass is 475 g/mol. The highest BCUT2D eigenvalue weighted by Crippen LogP contribution is 2.12. The lowest BCUT2D eigenvalue weighted by molar-refractivity contribution is -0.116. The highest BCUT2D eigenvalue weighted by molar-refractivity contribution is 5.97. The zero-order chi connectivity index (χ0) is 24.9. The topological polar surface area (TPSA) is 117 Å². The third-order valence-corrected chi connectivity index (χ3v) is 5.56. The highest BCUT2D eigenvalue weighted by atomic mass is 16.5. The number of amides is 1. The van der Waals surface area contributed by atoms with E-state index in [2.05, 4.69) is 10.3 Å². The number of Topliss-reactive ketones (excluding diaryl/α,β-unsaturated/α-hetero) is 1. The van der Waals surface area contributed by atoms with Crippen molar-refractivity contribution in [3.05, 3.63) is 92.9 Å². The van der Waals surface area contributed by atoms with Crippen LogP contribution in [0, 0.1) is 0 Å². The normalized spacial score (nSPS) is 11.0. The number of carbonyl (C=O) groups is 2. The predicted molar refractivity (Wildman–Crippen MR) is 131 cm³/mol. The van der Waals surface area contributed by atoms with Gasteiger partial charge in [0, 0.05) is 24.9 Å². The van der Waals surface area contributed by atoms with Crippen LogP contribution in [0.4, 0.5) is 5.69 Å². The molecule has 2 aromatic carbocycles. The molecule has 1 N–H and O–H groups in total. The maximum Gasteiger partial charge on any atom is 0.333 e. The Morgan fingerprint density at radius 1 is 1.03 bits per heavy atom. The van der Waals surface area contributed by atoms with E-state index < -0.39 is 23.7 Å². The summed E-state index contributed by atoms with van der Waals surface area (Å²) in [5, 5.41) is 2.66. The van der Waals surface area contributed by atoms with Crippen LogP contribution in [-0.2, 0) is 29.2 Å². The van der Waals surface area contributed by atoms with Gasteiger partial charge in [0.2, 0.25) is 5.91 Å². The van der Waals surface area contributed by atoms with Crippen molar-refractivity contribution < 1.29 is 14.3 Å². The molecule has 35 heavy (non-hydrogen) atoms. The first kappa shape index (κ1) is 23.8. The number of ether oxygens (including phenoxy) is 1. The van der Waals surface area contributed by atoms with E-state index in [0.717, 1.165) is 10.1 Å². The largest absolute Gasteiger partial charge is 0.383 e. The van der Waals surface area contributed by atoms with Gasteiger partial charge in [0.15, 0.2) is 16.9 Å². The molecule has 0 saturated carbocycles. The molecule has 4 aromatic rings. The Bertz CT molecular complexity index is 1500. The van der Waals surface area contributed by atoms with Crippen LogP contribution >= 0.6 is 0 Å². The minimum Gasteiger partial charge on any atom is -0.383 e. The molecule has 2 aromatic heterocycles. The number of nitrogens with one attached hydrogen (secondary N) is 1. The first-order valence-corrected chi connectivity index (χ1v) is 11.0. The zero-order valence-electron chi connectivity index (χ0n) is 19.4. The van der Waals surface area contributed by atoms with Gasteiger partial charge in [-0.25, -0.2) is 14.3 Å². The third-order valence-electron chi connectivity index (χ3n) is 5.56. The van der Waals surface area contributed by atoms with E-state index in [1.54, 1.807) is 35.9 Å². The number of fused-ring (bicyclic) bond motifs is 1. The Balaban J connectivity index is 1.75. The Labute approximate surface area is 200 Å². The van der Waals surface area contributed by atoms with Gasteiger partial charge in [-0.05, 0) is 24.6 Å². The van der Waals surface area contributed by atoms with E-state index in [9.17, 15) is 19.2 Å². The lowest BCUT2D eigenvalue weighted by Crippen LogP contribution is -2.43. The van der Waals surface area contributed by atoms with Crippen molar-refractivity contribution in [1.29, 1.82) is 0 Å². The van der Waals surface area contributed by atoms with Gasteiger partial charge in [-0.15, -0.1) is 0 Å². The van der Waals surface area contributed by atoms with Crippen LogP contribution in [0.25, 0.3) is 11.2 Å². The number of carbonyl (C=O) groups excluding carboxylic acids is 2. The molecule has 0 aliphatic carbocycles. The number of methoxy groups -OCH3 is 1. The molecule has 2 heterocycles. The van der Waals surface area contributed by atoms with E-state index in [1.807, 2.05) is 30.3 Å². The molecule has 180 valence electrons. The summed E-state index contributed by atoms with van der Waals surface area (Å²) in [6, 6.07) is 15.8. The molecule has 10 heteroatoms. The van der Waals surface area contributed by atoms with Crippen molar-refractivity contribution >= 4 is 28.5 Å². The maximum atomic E-state index is 13.4. The molecule has 0 unspecified atom stereocenters. The summed E-state index contributed by atoms with van der Waals surface area (Å²) < 4.78 is 9.04. The van der Waals surface area contributed by atoms with E-state index in [0.29, 0.717) is 24.4 Å². The zero-order valence-corrected chi connectivity index (χ0v) is 19.4. The SMILES string of the molecule is COCCn1cnc2c1c(=O)n(CC(=O)Nc1cccc(C(C)=O)c1)c(=O)n2Cc1ccccc1. The Kier molecular flexibility index (Phi) is 7.02. The Morgan fingerprint density at radius 2 is 1.80 bits per heavy atom. The van der Waals surface area contributed by atoms with Crippen LogP contribution in [0.2, 0.25) is 0 Å². The minimum atomic E-state index is -0.643. The van der Waals surface area contributed by atoms with Crippen molar-refractivity contribution in [3.63, 3.8) is 0 Å². The van der Waals surface area contributed by atoms with E-state index >= 15 is 0 Å². The van der Waals surface area contributed by atoms with Crippen molar-refractivity contribution in [3.8, 4) is 0 Å². The van der Waals surface area contributed by atoms with Gasteiger partial charge in [0.1, 0.15) is 6.54 Å². The quantitative estimate of drug-likeness (QED) is 0.370. The second kappa shape index (κ2) is 10.3. The van der Waals surface area contributed by atoms with Gasteiger partial charge in [-0.2, -0.15) is 0 Å². The lowest BCUT2D eigenvalue weighted by Gasteiger charge is -2.13. The van der Waals surface area contributed by atoms with Gasteiger partial charge < -0.3 is 14.6 Å². The molecule has 0 radical (unpaired) electrons. The maximum absolute atomic E-state index is 13.4. The summed E-state index contributed by atoms with van der Waals surface area (Å²) in [5.74, 6) is -0.714. The molecular weight excluding hydrogens is 450 g/mol. The smallest absolute Gasteiger partial charge is 0.333 e. The molecule has 0 fully saturated rings. The molecule has 0 aliphatic rings. The average Bonchev–Trinajstić information content (AvgIpc) is 3.28. The van der Waals surface area contributed by atoms with Crippen LogP contribution in [-0.4, -0.2) is 44.1 Å². The second-order valence-electron chi connectivity index (χ2n) is 8.03. The summed E-state index contributed by atoms with van der Waals surface area (Å²) >= 11 is 0. The van der Waals surface area contributed by atoms with Gasteiger partial charge in [0.25, 0.3) is 5.56 Å². The number of ketones is 1. The van der Waals surface area contributed by atoms with E-state index in [1.165, 1.54) is 17.8 Å². The fraction of sp³-hybridized carbons (Fsp3) is 0.240. The van der Waals surface area contributed by atoms with Crippen molar-refractivity contribution in [2.75, 3.05) is 19.0 Å². The summed E-state index contributed by atoms with van der Waals surface area (Å²) in [6.45, 7) is 1.81. The number of anilines is 1. The predicted octanol–water partition coefficient (Wildman–Crippen LogP) is 1.90. The number of rotatable bonds is 9. The number of hydrogen-bond acceptors (Lipinski definition) is 6. The third kappa shape index (κ3) is 5.12. The number of hydrogen-bond donors (Lipinski definition) is 1. The van der Waals surface area contributed by atoms with Crippen molar-refractivity contribution in [2.45, 2.75) is 26.6 Å². The molecular formula is C25H25N5O5. The fourth-order valence-corrected chi connectivity index (χ4v) is 3.81. The number of nitrogens with zero attached hydrogens (tertiary/aromatic N) is 4. The fourth-order valence-electron chi connectivity index (χ4n) is 3.81. The van der Waals surface area contributed by atoms with E-state index in [4.69, 9.17) is 4.74 Å². The van der Waals surface area contributed by atoms with E-state index in [-0.39, 0.29) is 23.5 Å². The van der Waals surface area contributed by atoms with Crippen LogP contribution in [0.1, 0.15) is 22.8 Å². The van der Waals surface area contributed by atoms with Crippen LogP contribution in [0.3, 0.4) is 0 Å². The van der Waals surface area contributed by atoms with Crippen LogP contribution in [0.5, 0.6) is 0 Å². The van der Waals surface area contributed by atoms with Gasteiger partial charge >= 0.3 is 5.69 Å².